The number of nitrogens with zero attached hydrogens (tertiary/aromatic N) is 2. The molecular weight excluding hydrogens is 306 g/mol. The lowest BCUT2D eigenvalue weighted by molar-refractivity contribution is -0.124. The van der Waals surface area contributed by atoms with E-state index in [9.17, 15) is 9.59 Å². The second kappa shape index (κ2) is 7.31. The Morgan fingerprint density at radius 2 is 2.00 bits per heavy atom. The van der Waals surface area contributed by atoms with Crippen LogP contribution in [-0.4, -0.2) is 35.8 Å². The van der Waals surface area contributed by atoms with Gasteiger partial charge in [0.05, 0.1) is 25.4 Å². The van der Waals surface area contributed by atoms with Crippen molar-refractivity contribution in [2.45, 2.75) is 25.4 Å². The largest absolute Gasteiger partial charge is 0.467 e. The van der Waals surface area contributed by atoms with Crippen molar-refractivity contribution in [1.29, 1.82) is 0 Å². The van der Waals surface area contributed by atoms with E-state index in [2.05, 4.69) is 0 Å². The fraction of sp³-hybridized carbons (Fsp3) is 0.333. The number of anilines is 1. The van der Waals surface area contributed by atoms with Gasteiger partial charge in [-0.3, -0.25) is 14.5 Å². The molecule has 126 valence electrons. The van der Waals surface area contributed by atoms with E-state index in [-0.39, 0.29) is 24.4 Å². The zero-order chi connectivity index (χ0) is 16.9. The summed E-state index contributed by atoms with van der Waals surface area (Å²) < 4.78 is 5.38. The summed E-state index contributed by atoms with van der Waals surface area (Å²) in [6.45, 7) is 1.23. The van der Waals surface area contributed by atoms with Gasteiger partial charge in [0, 0.05) is 5.69 Å². The lowest BCUT2D eigenvalue weighted by Crippen LogP contribution is -2.46. The first-order valence-electron chi connectivity index (χ1n) is 8.06. The van der Waals surface area contributed by atoms with E-state index in [0.29, 0.717) is 25.3 Å². The van der Waals surface area contributed by atoms with Gasteiger partial charge in [-0.05, 0) is 43.7 Å². The fourth-order valence-corrected chi connectivity index (χ4v) is 3.09. The molecular formula is C18H21N3O3. The minimum Gasteiger partial charge on any atom is -0.467 e. The van der Waals surface area contributed by atoms with Crippen molar-refractivity contribution in [3.05, 3.63) is 54.5 Å². The van der Waals surface area contributed by atoms with Crippen LogP contribution >= 0.6 is 0 Å². The highest BCUT2D eigenvalue weighted by Crippen LogP contribution is 2.21. The van der Waals surface area contributed by atoms with Gasteiger partial charge in [-0.25, -0.2) is 0 Å². The predicted molar refractivity (Wildman–Crippen MR) is 90.1 cm³/mol. The summed E-state index contributed by atoms with van der Waals surface area (Å²) >= 11 is 0. The minimum atomic E-state index is -0.363. The molecule has 6 nitrogen and oxygen atoms in total. The Kier molecular flexibility index (Phi) is 4.96. The number of benzene rings is 1. The Morgan fingerprint density at radius 3 is 2.67 bits per heavy atom. The number of furan rings is 1. The number of nitrogens with two attached hydrogens (primary N) is 1. The highest BCUT2D eigenvalue weighted by Gasteiger charge is 2.31. The average molecular weight is 327 g/mol. The lowest BCUT2D eigenvalue weighted by Gasteiger charge is -2.27. The standard InChI is InChI=1S/C18H21N3O3/c19-18(23)16-9-4-10-20(16)13-17(22)21(12-15-8-5-11-24-15)14-6-2-1-3-7-14/h1-3,5-8,11,16H,4,9-10,12-13H2,(H2,19,23). The van der Waals surface area contributed by atoms with Gasteiger partial charge in [0.2, 0.25) is 11.8 Å². The van der Waals surface area contributed by atoms with Crippen LogP contribution in [0.25, 0.3) is 0 Å². The summed E-state index contributed by atoms with van der Waals surface area (Å²) in [4.78, 5) is 28.0. The number of carbonyl (C=O) groups excluding carboxylic acids is 2. The van der Waals surface area contributed by atoms with E-state index in [1.54, 1.807) is 17.2 Å². The number of likely N-dealkylation sites (tertiary alicyclic amines) is 1. The monoisotopic (exact) mass is 327 g/mol. The van der Waals surface area contributed by atoms with Gasteiger partial charge in [-0.15, -0.1) is 0 Å². The average Bonchev–Trinajstić information content (AvgIpc) is 3.24. The van der Waals surface area contributed by atoms with Crippen molar-refractivity contribution in [2.75, 3.05) is 18.0 Å². The zero-order valence-electron chi connectivity index (χ0n) is 13.4. The van der Waals surface area contributed by atoms with E-state index >= 15 is 0 Å². The second-order valence-electron chi connectivity index (χ2n) is 5.93. The van der Waals surface area contributed by atoms with Gasteiger partial charge >= 0.3 is 0 Å². The molecule has 24 heavy (non-hydrogen) atoms. The van der Waals surface area contributed by atoms with E-state index in [1.165, 1.54) is 0 Å². The van der Waals surface area contributed by atoms with Gasteiger partial charge in [0.15, 0.2) is 0 Å². The smallest absolute Gasteiger partial charge is 0.241 e. The maximum Gasteiger partial charge on any atom is 0.241 e. The minimum absolute atomic E-state index is 0.0780. The van der Waals surface area contributed by atoms with Crippen LogP contribution in [-0.2, 0) is 16.1 Å². The van der Waals surface area contributed by atoms with Crippen LogP contribution in [0.5, 0.6) is 0 Å². The van der Waals surface area contributed by atoms with Crippen molar-refractivity contribution < 1.29 is 14.0 Å². The van der Waals surface area contributed by atoms with Crippen LogP contribution in [0.2, 0.25) is 0 Å². The van der Waals surface area contributed by atoms with Crippen molar-refractivity contribution in [3.8, 4) is 0 Å². The van der Waals surface area contributed by atoms with Crippen LogP contribution < -0.4 is 10.6 Å². The van der Waals surface area contributed by atoms with Crippen LogP contribution in [0, 0.1) is 0 Å². The van der Waals surface area contributed by atoms with Gasteiger partial charge in [-0.2, -0.15) is 0 Å². The molecule has 1 fully saturated rings. The third kappa shape index (κ3) is 3.65. The van der Waals surface area contributed by atoms with E-state index in [0.717, 1.165) is 12.1 Å². The molecule has 1 unspecified atom stereocenters. The fourth-order valence-electron chi connectivity index (χ4n) is 3.09. The Labute approximate surface area is 140 Å². The molecule has 2 N–H and O–H groups in total. The second-order valence-corrected chi connectivity index (χ2v) is 5.93. The molecule has 0 bridgehead atoms. The van der Waals surface area contributed by atoms with Crippen LogP contribution in [0.15, 0.2) is 53.1 Å². The number of hydrogen-bond donors (Lipinski definition) is 1. The molecule has 1 saturated heterocycles. The zero-order valence-corrected chi connectivity index (χ0v) is 13.4. The number of primary amides is 1. The van der Waals surface area contributed by atoms with E-state index in [1.807, 2.05) is 41.3 Å². The van der Waals surface area contributed by atoms with Crippen molar-refractivity contribution >= 4 is 17.5 Å². The highest BCUT2D eigenvalue weighted by molar-refractivity contribution is 5.95. The molecule has 2 amide bonds. The number of hydrogen-bond acceptors (Lipinski definition) is 4. The maximum absolute atomic E-state index is 12.9. The summed E-state index contributed by atoms with van der Waals surface area (Å²) in [5.74, 6) is 0.267. The Bertz CT molecular complexity index is 685. The number of para-hydroxylation sites is 1. The summed E-state index contributed by atoms with van der Waals surface area (Å²) in [6, 6.07) is 12.7. The first-order valence-corrected chi connectivity index (χ1v) is 8.06. The molecule has 3 rings (SSSR count). The molecule has 2 heterocycles. The molecule has 0 spiro atoms. The van der Waals surface area contributed by atoms with Crippen LogP contribution in [0.1, 0.15) is 18.6 Å². The quantitative estimate of drug-likeness (QED) is 0.877. The number of amides is 2. The predicted octanol–water partition coefficient (Wildman–Crippen LogP) is 1.76. The topological polar surface area (TPSA) is 79.8 Å². The molecule has 0 radical (unpaired) electrons. The van der Waals surface area contributed by atoms with Crippen molar-refractivity contribution in [1.82, 2.24) is 4.90 Å². The first-order chi connectivity index (χ1) is 11.6. The van der Waals surface area contributed by atoms with Gasteiger partial charge in [0.1, 0.15) is 5.76 Å². The summed E-state index contributed by atoms with van der Waals surface area (Å²) in [6.07, 6.45) is 3.18. The van der Waals surface area contributed by atoms with Gasteiger partial charge in [-0.1, -0.05) is 18.2 Å². The molecule has 1 atom stereocenters. The highest BCUT2D eigenvalue weighted by atomic mass is 16.3. The van der Waals surface area contributed by atoms with Crippen LogP contribution in [0.3, 0.4) is 0 Å². The van der Waals surface area contributed by atoms with Gasteiger partial charge in [0.25, 0.3) is 0 Å². The molecule has 1 aliphatic rings. The Morgan fingerprint density at radius 1 is 1.21 bits per heavy atom. The number of carbonyl (C=O) groups is 2. The SMILES string of the molecule is NC(=O)C1CCCN1CC(=O)N(Cc1ccco1)c1ccccc1. The maximum atomic E-state index is 12.9. The molecule has 6 heteroatoms. The molecule has 1 aliphatic heterocycles. The normalized spacial score (nSPS) is 17.8. The van der Waals surface area contributed by atoms with Crippen LogP contribution in [0.4, 0.5) is 5.69 Å². The van der Waals surface area contributed by atoms with E-state index < -0.39 is 0 Å². The Hall–Kier alpha value is -2.60. The summed E-state index contributed by atoms with van der Waals surface area (Å²) in [5.41, 5.74) is 6.24. The molecule has 2 aromatic rings. The van der Waals surface area contributed by atoms with Crippen molar-refractivity contribution in [2.24, 2.45) is 5.73 Å². The Balaban J connectivity index is 1.77. The third-order valence-electron chi connectivity index (χ3n) is 4.29. The third-order valence-corrected chi connectivity index (χ3v) is 4.29. The molecule has 0 saturated carbocycles. The summed E-state index contributed by atoms with van der Waals surface area (Å²) in [5, 5.41) is 0. The summed E-state index contributed by atoms with van der Waals surface area (Å²) in [7, 11) is 0. The molecule has 1 aromatic heterocycles. The van der Waals surface area contributed by atoms with Crippen molar-refractivity contribution in [3.63, 3.8) is 0 Å². The van der Waals surface area contributed by atoms with Gasteiger partial charge < -0.3 is 15.1 Å². The number of rotatable bonds is 6. The molecule has 1 aromatic carbocycles. The lowest BCUT2D eigenvalue weighted by atomic mass is 10.2. The van der Waals surface area contributed by atoms with E-state index in [4.69, 9.17) is 10.2 Å². The first kappa shape index (κ1) is 16.3. The molecule has 0 aliphatic carbocycles.